The average Bonchev–Trinajstić information content (AvgIpc) is 3.43. The molecule has 32 heavy (non-hydrogen) atoms. The Morgan fingerprint density at radius 1 is 1.12 bits per heavy atom. The Bertz CT molecular complexity index is 1080. The van der Waals surface area contributed by atoms with E-state index in [0.29, 0.717) is 28.3 Å². The van der Waals surface area contributed by atoms with E-state index < -0.39 is 23.9 Å². The number of hydrogen-bond acceptors (Lipinski definition) is 7. The van der Waals surface area contributed by atoms with Gasteiger partial charge in [0.25, 0.3) is 0 Å². The van der Waals surface area contributed by atoms with Gasteiger partial charge in [-0.1, -0.05) is 35.5 Å². The van der Waals surface area contributed by atoms with Crippen molar-refractivity contribution in [2.24, 2.45) is 5.92 Å². The lowest BCUT2D eigenvalue weighted by molar-refractivity contribution is -0.142. The van der Waals surface area contributed by atoms with Crippen molar-refractivity contribution >= 4 is 41.8 Å². The number of hydrogen-bond donors (Lipinski definition) is 4. The third kappa shape index (κ3) is 5.95. The Morgan fingerprint density at radius 2 is 1.88 bits per heavy atom. The van der Waals surface area contributed by atoms with Crippen molar-refractivity contribution in [3.05, 3.63) is 69.7 Å². The van der Waals surface area contributed by atoms with E-state index in [0.717, 1.165) is 23.1 Å². The van der Waals surface area contributed by atoms with Crippen LogP contribution >= 0.6 is 24.0 Å². The van der Waals surface area contributed by atoms with Gasteiger partial charge in [0, 0.05) is 21.4 Å². The molecular weight excluding hydrogens is 452 g/mol. The number of carbonyl (C=O) groups excluding carboxylic acids is 1. The number of carbonyl (C=O) groups is 3. The van der Waals surface area contributed by atoms with Crippen LogP contribution in [0.5, 0.6) is 0 Å². The van der Waals surface area contributed by atoms with E-state index in [1.807, 2.05) is 30.3 Å². The Hall–Kier alpha value is -3.18. The van der Waals surface area contributed by atoms with Gasteiger partial charge in [0.2, 0.25) is 5.91 Å². The maximum absolute atomic E-state index is 12.8. The topological polar surface area (TPSA) is 134 Å². The van der Waals surface area contributed by atoms with Crippen molar-refractivity contribution in [3.8, 4) is 0 Å². The molecular formula is C21H22N4O5S2. The van der Waals surface area contributed by atoms with Crippen LogP contribution in [-0.4, -0.2) is 48.8 Å². The number of aromatic carboxylic acids is 1. The predicted molar refractivity (Wildman–Crippen MR) is 121 cm³/mol. The number of rotatable bonds is 11. The number of benzene rings is 1. The summed E-state index contributed by atoms with van der Waals surface area (Å²) >= 11 is 5.44. The summed E-state index contributed by atoms with van der Waals surface area (Å²) in [5, 5.41) is 28.8. The Morgan fingerprint density at radius 3 is 2.53 bits per heavy atom. The van der Waals surface area contributed by atoms with Gasteiger partial charge >= 0.3 is 11.9 Å². The maximum atomic E-state index is 12.8. The van der Waals surface area contributed by atoms with Gasteiger partial charge in [-0.2, -0.15) is 12.6 Å². The summed E-state index contributed by atoms with van der Waals surface area (Å²) in [6.45, 7) is 0.128. The molecule has 2 unspecified atom stereocenters. The van der Waals surface area contributed by atoms with Gasteiger partial charge in [-0.3, -0.25) is 4.79 Å². The summed E-state index contributed by atoms with van der Waals surface area (Å²) in [5.41, 5.74) is 1.02. The number of carboxylic acid groups (broad SMARTS) is 2. The normalized spacial score (nSPS) is 12.8. The summed E-state index contributed by atoms with van der Waals surface area (Å²) in [4.78, 5) is 36.9. The summed E-state index contributed by atoms with van der Waals surface area (Å²) < 4.78 is 1.22. The van der Waals surface area contributed by atoms with Gasteiger partial charge in [-0.25, -0.2) is 14.3 Å². The highest BCUT2D eigenvalue weighted by Gasteiger charge is 2.27. The maximum Gasteiger partial charge on any atom is 0.355 e. The first-order chi connectivity index (χ1) is 15.4. The summed E-state index contributed by atoms with van der Waals surface area (Å²) in [5.74, 6) is -2.85. The number of nitrogens with one attached hydrogen (secondary N) is 1. The molecule has 11 heteroatoms. The molecule has 0 saturated carbocycles. The van der Waals surface area contributed by atoms with E-state index in [2.05, 4.69) is 28.3 Å². The molecule has 1 amide bonds. The first kappa shape index (κ1) is 23.5. The van der Waals surface area contributed by atoms with E-state index in [1.54, 1.807) is 12.1 Å². The number of aliphatic carboxylic acids is 1. The SMILES string of the molecule is O=C(O)c1cnnn1Cc1ccc(C(NC(=O)C(CS)CCc2ccccc2)C(=O)O)s1. The lowest BCUT2D eigenvalue weighted by Crippen LogP contribution is -2.38. The number of amides is 1. The molecule has 0 bridgehead atoms. The van der Waals surface area contributed by atoms with Crippen molar-refractivity contribution in [3.63, 3.8) is 0 Å². The van der Waals surface area contributed by atoms with Crippen LogP contribution in [0.2, 0.25) is 0 Å². The van der Waals surface area contributed by atoms with Crippen LogP contribution < -0.4 is 5.32 Å². The van der Waals surface area contributed by atoms with E-state index >= 15 is 0 Å². The molecule has 3 rings (SSSR count). The zero-order valence-electron chi connectivity index (χ0n) is 16.9. The highest BCUT2D eigenvalue weighted by Crippen LogP contribution is 2.25. The fourth-order valence-electron chi connectivity index (χ4n) is 3.13. The van der Waals surface area contributed by atoms with Crippen LogP contribution in [0, 0.1) is 5.92 Å². The molecule has 2 atom stereocenters. The zero-order chi connectivity index (χ0) is 23.1. The van der Waals surface area contributed by atoms with E-state index in [9.17, 15) is 19.5 Å². The standard InChI is InChI=1S/C21H22N4O5S2/c26-19(14(12-31)7-6-13-4-2-1-3-5-13)23-18(21(29)30)17-9-8-15(32-17)11-25-16(20(27)28)10-22-24-25/h1-5,8-10,14,18,31H,6-7,11-12H2,(H,23,26)(H,27,28)(H,29,30). The van der Waals surface area contributed by atoms with E-state index in [4.69, 9.17) is 5.11 Å². The van der Waals surface area contributed by atoms with Crippen LogP contribution in [-0.2, 0) is 22.6 Å². The zero-order valence-corrected chi connectivity index (χ0v) is 18.6. The van der Waals surface area contributed by atoms with Crippen LogP contribution in [0.3, 0.4) is 0 Å². The largest absolute Gasteiger partial charge is 0.479 e. The van der Waals surface area contributed by atoms with Crippen molar-refractivity contribution < 1.29 is 24.6 Å². The molecule has 3 N–H and O–H groups in total. The number of carboxylic acids is 2. The van der Waals surface area contributed by atoms with E-state index in [1.165, 1.54) is 4.68 Å². The number of nitrogens with zero attached hydrogens (tertiary/aromatic N) is 3. The minimum absolute atomic E-state index is 0.0712. The summed E-state index contributed by atoms with van der Waals surface area (Å²) in [6, 6.07) is 11.8. The lowest BCUT2D eigenvalue weighted by atomic mass is 9.99. The molecule has 0 saturated heterocycles. The van der Waals surface area contributed by atoms with Crippen molar-refractivity contribution in [2.75, 3.05) is 5.75 Å². The summed E-state index contributed by atoms with van der Waals surface area (Å²) in [7, 11) is 0. The number of thiophene rings is 1. The molecule has 0 aliphatic carbocycles. The quantitative estimate of drug-likeness (QED) is 0.314. The predicted octanol–water partition coefficient (Wildman–Crippen LogP) is 2.51. The fourth-order valence-corrected chi connectivity index (χ4v) is 4.52. The second-order valence-corrected chi connectivity index (χ2v) is 8.63. The van der Waals surface area contributed by atoms with E-state index in [-0.39, 0.29) is 18.1 Å². The van der Waals surface area contributed by atoms with Gasteiger partial charge in [0.1, 0.15) is 0 Å². The van der Waals surface area contributed by atoms with Crippen LogP contribution in [0.25, 0.3) is 0 Å². The smallest absolute Gasteiger partial charge is 0.355 e. The first-order valence-corrected chi connectivity index (χ1v) is 11.2. The third-order valence-corrected chi connectivity index (χ3v) is 6.43. The van der Waals surface area contributed by atoms with Gasteiger partial charge in [0.15, 0.2) is 11.7 Å². The molecule has 2 heterocycles. The van der Waals surface area contributed by atoms with Gasteiger partial charge in [-0.05, 0) is 30.5 Å². The van der Waals surface area contributed by atoms with Gasteiger partial charge < -0.3 is 15.5 Å². The first-order valence-electron chi connectivity index (χ1n) is 9.77. The second-order valence-electron chi connectivity index (χ2n) is 7.07. The molecule has 0 fully saturated rings. The van der Waals surface area contributed by atoms with Crippen LogP contribution in [0.15, 0.2) is 48.7 Å². The third-order valence-electron chi connectivity index (χ3n) is 4.86. The Balaban J connectivity index is 1.67. The van der Waals surface area contributed by atoms with Crippen LogP contribution in [0.4, 0.5) is 0 Å². The molecule has 168 valence electrons. The number of aromatic nitrogens is 3. The van der Waals surface area contributed by atoms with Crippen LogP contribution in [0.1, 0.15) is 38.3 Å². The monoisotopic (exact) mass is 474 g/mol. The second kappa shape index (κ2) is 10.9. The molecule has 0 aliphatic heterocycles. The molecule has 0 spiro atoms. The average molecular weight is 475 g/mol. The van der Waals surface area contributed by atoms with Gasteiger partial charge in [0.05, 0.1) is 12.7 Å². The fraction of sp³-hybridized carbons (Fsp3) is 0.286. The highest BCUT2D eigenvalue weighted by molar-refractivity contribution is 7.80. The molecule has 9 nitrogen and oxygen atoms in total. The molecule has 0 aliphatic rings. The van der Waals surface area contributed by atoms with Crippen molar-refractivity contribution in [2.45, 2.75) is 25.4 Å². The molecule has 0 radical (unpaired) electrons. The number of aryl methyl sites for hydroxylation is 1. The lowest BCUT2D eigenvalue weighted by Gasteiger charge is -2.18. The minimum Gasteiger partial charge on any atom is -0.479 e. The number of thiol groups is 1. The van der Waals surface area contributed by atoms with Gasteiger partial charge in [-0.15, -0.1) is 16.4 Å². The Kier molecular flexibility index (Phi) is 8.01. The molecule has 3 aromatic rings. The Labute approximate surface area is 193 Å². The highest BCUT2D eigenvalue weighted by atomic mass is 32.1. The van der Waals surface area contributed by atoms with Crippen molar-refractivity contribution in [1.82, 2.24) is 20.3 Å². The van der Waals surface area contributed by atoms with Crippen molar-refractivity contribution in [1.29, 1.82) is 0 Å². The molecule has 2 aromatic heterocycles. The minimum atomic E-state index is -1.21. The summed E-state index contributed by atoms with van der Waals surface area (Å²) in [6.07, 6.45) is 2.38. The molecule has 1 aromatic carbocycles.